The van der Waals surface area contributed by atoms with E-state index in [-0.39, 0.29) is 0 Å². The molecular weight excluding hydrogens is 346 g/mol. The van der Waals surface area contributed by atoms with Gasteiger partial charge in [-0.25, -0.2) is 0 Å². The molecule has 0 fully saturated rings. The zero-order valence-corrected chi connectivity index (χ0v) is 15.3. The van der Waals surface area contributed by atoms with Crippen molar-refractivity contribution in [2.24, 2.45) is 4.99 Å². The first-order valence-electron chi connectivity index (χ1n) is 8.48. The third-order valence-corrected chi connectivity index (χ3v) is 3.90. The molecule has 0 aliphatic rings. The summed E-state index contributed by atoms with van der Waals surface area (Å²) in [6.07, 6.45) is 1.82. The summed E-state index contributed by atoms with van der Waals surface area (Å²) in [5, 5.41) is 0.698. The highest BCUT2D eigenvalue weighted by Crippen LogP contribution is 2.29. The molecule has 0 aliphatic heterocycles. The van der Waals surface area contributed by atoms with E-state index >= 15 is 0 Å². The van der Waals surface area contributed by atoms with Crippen molar-refractivity contribution in [2.75, 3.05) is 6.61 Å². The van der Waals surface area contributed by atoms with Crippen molar-refractivity contribution in [3.8, 4) is 11.5 Å². The maximum Gasteiger partial charge on any atom is 0.161 e. The molecule has 0 bridgehead atoms. The van der Waals surface area contributed by atoms with E-state index in [1.165, 1.54) is 0 Å². The fourth-order valence-corrected chi connectivity index (χ4v) is 2.66. The molecule has 0 saturated carbocycles. The summed E-state index contributed by atoms with van der Waals surface area (Å²) in [7, 11) is 0. The van der Waals surface area contributed by atoms with Gasteiger partial charge in [0.05, 0.1) is 12.3 Å². The molecule has 0 aliphatic carbocycles. The molecule has 0 unspecified atom stereocenters. The van der Waals surface area contributed by atoms with Gasteiger partial charge in [0.15, 0.2) is 11.5 Å². The zero-order valence-electron chi connectivity index (χ0n) is 14.6. The van der Waals surface area contributed by atoms with Crippen LogP contribution >= 0.6 is 11.6 Å². The number of hydrogen-bond acceptors (Lipinski definition) is 3. The minimum atomic E-state index is 0.429. The van der Waals surface area contributed by atoms with E-state index in [0.717, 1.165) is 16.8 Å². The highest BCUT2D eigenvalue weighted by Gasteiger charge is 2.07. The van der Waals surface area contributed by atoms with Crippen LogP contribution in [0.15, 0.2) is 77.8 Å². The molecule has 3 aromatic rings. The minimum Gasteiger partial charge on any atom is -0.490 e. The third kappa shape index (κ3) is 5.11. The molecule has 26 heavy (non-hydrogen) atoms. The van der Waals surface area contributed by atoms with Crippen molar-refractivity contribution >= 4 is 23.5 Å². The van der Waals surface area contributed by atoms with Gasteiger partial charge in [-0.2, -0.15) is 0 Å². The topological polar surface area (TPSA) is 30.8 Å². The quantitative estimate of drug-likeness (QED) is 0.476. The van der Waals surface area contributed by atoms with Gasteiger partial charge in [0, 0.05) is 11.2 Å². The Morgan fingerprint density at radius 2 is 1.73 bits per heavy atom. The second-order valence-electron chi connectivity index (χ2n) is 5.65. The molecule has 0 N–H and O–H groups in total. The largest absolute Gasteiger partial charge is 0.490 e. The Morgan fingerprint density at radius 1 is 0.885 bits per heavy atom. The van der Waals surface area contributed by atoms with Crippen LogP contribution in [0.3, 0.4) is 0 Å². The maximum atomic E-state index is 6.02. The van der Waals surface area contributed by atoms with Crippen LogP contribution in [0.25, 0.3) is 0 Å². The lowest BCUT2D eigenvalue weighted by atomic mass is 10.2. The summed E-state index contributed by atoms with van der Waals surface area (Å²) in [6.45, 7) is 2.94. The van der Waals surface area contributed by atoms with Crippen LogP contribution in [0.4, 0.5) is 5.69 Å². The Balaban J connectivity index is 1.74. The van der Waals surface area contributed by atoms with Crippen LogP contribution in [0.2, 0.25) is 5.02 Å². The number of hydrogen-bond donors (Lipinski definition) is 0. The third-order valence-electron chi connectivity index (χ3n) is 3.67. The van der Waals surface area contributed by atoms with Gasteiger partial charge < -0.3 is 9.47 Å². The minimum absolute atomic E-state index is 0.429. The van der Waals surface area contributed by atoms with Crippen LogP contribution < -0.4 is 9.47 Å². The van der Waals surface area contributed by atoms with Crippen LogP contribution in [-0.2, 0) is 6.61 Å². The van der Waals surface area contributed by atoms with Gasteiger partial charge >= 0.3 is 0 Å². The van der Waals surface area contributed by atoms with Gasteiger partial charge in [-0.3, -0.25) is 4.99 Å². The summed E-state index contributed by atoms with van der Waals surface area (Å²) in [6, 6.07) is 23.2. The van der Waals surface area contributed by atoms with Crippen molar-refractivity contribution in [1.29, 1.82) is 0 Å². The van der Waals surface area contributed by atoms with Crippen LogP contribution in [0, 0.1) is 0 Å². The van der Waals surface area contributed by atoms with Crippen molar-refractivity contribution in [1.82, 2.24) is 0 Å². The first-order chi connectivity index (χ1) is 12.7. The Hall–Kier alpha value is -2.78. The normalized spacial score (nSPS) is 10.8. The molecule has 3 rings (SSSR count). The van der Waals surface area contributed by atoms with Crippen molar-refractivity contribution in [3.63, 3.8) is 0 Å². The molecule has 0 radical (unpaired) electrons. The van der Waals surface area contributed by atoms with Crippen molar-refractivity contribution in [2.45, 2.75) is 13.5 Å². The molecule has 132 valence electrons. The van der Waals surface area contributed by atoms with Gasteiger partial charge in [-0.15, -0.1) is 0 Å². The number of para-hydroxylation sites is 1. The fraction of sp³-hybridized carbons (Fsp3) is 0.136. The summed E-state index contributed by atoms with van der Waals surface area (Å²) < 4.78 is 11.6. The summed E-state index contributed by atoms with van der Waals surface area (Å²) >= 11 is 6.02. The smallest absolute Gasteiger partial charge is 0.161 e. The van der Waals surface area contributed by atoms with E-state index in [9.17, 15) is 0 Å². The maximum absolute atomic E-state index is 6.02. The number of nitrogens with zero attached hydrogens (tertiary/aromatic N) is 1. The molecule has 0 amide bonds. The number of aliphatic imine (C=N–C) groups is 1. The Labute approximate surface area is 158 Å². The SMILES string of the molecule is CCOc1cc(C=Nc2ccccc2)ccc1OCc1cccc(Cl)c1. The molecule has 0 spiro atoms. The van der Waals surface area contributed by atoms with E-state index in [1.54, 1.807) is 0 Å². The molecule has 0 saturated heterocycles. The molecule has 3 aromatic carbocycles. The Kier molecular flexibility index (Phi) is 6.29. The van der Waals surface area contributed by atoms with Crippen LogP contribution in [0.1, 0.15) is 18.1 Å². The monoisotopic (exact) mass is 365 g/mol. The molecule has 0 aromatic heterocycles. The van der Waals surface area contributed by atoms with Gasteiger partial charge in [0.1, 0.15) is 6.61 Å². The number of halogens is 1. The predicted octanol–water partition coefficient (Wildman–Crippen LogP) is 6.07. The fourth-order valence-electron chi connectivity index (χ4n) is 2.44. The van der Waals surface area contributed by atoms with E-state index in [4.69, 9.17) is 21.1 Å². The second-order valence-corrected chi connectivity index (χ2v) is 6.09. The van der Waals surface area contributed by atoms with Gasteiger partial charge in [-0.1, -0.05) is 41.9 Å². The first-order valence-corrected chi connectivity index (χ1v) is 8.85. The second kappa shape index (κ2) is 9.07. The van der Waals surface area contributed by atoms with E-state index in [2.05, 4.69) is 4.99 Å². The van der Waals surface area contributed by atoms with Crippen LogP contribution in [0.5, 0.6) is 11.5 Å². The number of ether oxygens (including phenoxy) is 2. The summed E-state index contributed by atoms with van der Waals surface area (Å²) in [5.41, 5.74) is 2.87. The van der Waals surface area contributed by atoms with E-state index in [1.807, 2.05) is 85.9 Å². The van der Waals surface area contributed by atoms with E-state index < -0.39 is 0 Å². The van der Waals surface area contributed by atoms with Crippen molar-refractivity contribution in [3.05, 3.63) is 88.9 Å². The van der Waals surface area contributed by atoms with Crippen LogP contribution in [-0.4, -0.2) is 12.8 Å². The summed E-state index contributed by atoms with van der Waals surface area (Å²) in [5.74, 6) is 1.40. The van der Waals surface area contributed by atoms with Gasteiger partial charge in [0.25, 0.3) is 0 Å². The standard InChI is InChI=1S/C22H20ClNO2/c1-2-25-22-14-17(15-24-20-9-4-3-5-10-20)11-12-21(22)26-16-18-7-6-8-19(23)13-18/h3-15H,2,16H2,1H3. The number of rotatable bonds is 7. The zero-order chi connectivity index (χ0) is 18.2. The lowest BCUT2D eigenvalue weighted by molar-refractivity contribution is 0.269. The highest BCUT2D eigenvalue weighted by atomic mass is 35.5. The predicted molar refractivity (Wildman–Crippen MR) is 107 cm³/mol. The van der Waals surface area contributed by atoms with Gasteiger partial charge in [0.2, 0.25) is 0 Å². The lowest BCUT2D eigenvalue weighted by Crippen LogP contribution is -2.00. The lowest BCUT2D eigenvalue weighted by Gasteiger charge is -2.12. The highest BCUT2D eigenvalue weighted by molar-refractivity contribution is 6.30. The molecular formula is C22H20ClNO2. The summed E-state index contributed by atoms with van der Waals surface area (Å²) in [4.78, 5) is 4.47. The molecule has 4 heteroatoms. The average molecular weight is 366 g/mol. The van der Waals surface area contributed by atoms with Crippen molar-refractivity contribution < 1.29 is 9.47 Å². The van der Waals surface area contributed by atoms with Gasteiger partial charge in [-0.05, 0) is 60.5 Å². The first kappa shape index (κ1) is 18.0. The molecule has 0 atom stereocenters. The Bertz CT molecular complexity index is 878. The molecule has 0 heterocycles. The Morgan fingerprint density at radius 3 is 2.50 bits per heavy atom. The molecule has 3 nitrogen and oxygen atoms in total. The average Bonchev–Trinajstić information content (AvgIpc) is 2.67. The van der Waals surface area contributed by atoms with E-state index in [0.29, 0.717) is 29.7 Å². The number of benzene rings is 3.